The number of alkyl halides is 1. The summed E-state index contributed by atoms with van der Waals surface area (Å²) in [6.07, 6.45) is -0.611. The minimum atomic E-state index is -0.611. The molecule has 1 unspecified atom stereocenters. The van der Waals surface area contributed by atoms with E-state index in [4.69, 9.17) is 23.2 Å². The number of hydrogen-bond acceptors (Lipinski definition) is 5. The van der Waals surface area contributed by atoms with Gasteiger partial charge in [-0.15, -0.1) is 21.8 Å². The lowest BCUT2D eigenvalue weighted by atomic mass is 10.3. The molecule has 0 saturated carbocycles. The third-order valence-corrected chi connectivity index (χ3v) is 4.61. The molecule has 0 aliphatic rings. The van der Waals surface area contributed by atoms with Crippen LogP contribution in [-0.4, -0.2) is 38.4 Å². The van der Waals surface area contributed by atoms with Crippen LogP contribution < -0.4 is 5.32 Å². The van der Waals surface area contributed by atoms with Crippen molar-refractivity contribution in [2.75, 3.05) is 17.7 Å². The molecule has 0 radical (unpaired) electrons. The number of nitrogens with one attached hydrogen (secondary N) is 1. The van der Waals surface area contributed by atoms with Gasteiger partial charge in [-0.25, -0.2) is 0 Å². The maximum atomic E-state index is 9.56. The number of anilines is 1. The molecule has 2 aromatic rings. The Morgan fingerprint density at radius 1 is 1.43 bits per heavy atom. The molecule has 1 aromatic heterocycles. The number of hydrogen-bond donors (Lipinski definition) is 2. The summed E-state index contributed by atoms with van der Waals surface area (Å²) < 4.78 is 1.91. The summed E-state index contributed by atoms with van der Waals surface area (Å²) >= 11 is 13.1. The molecule has 1 heterocycles. The maximum Gasteiger partial charge on any atom is 0.195 e. The van der Waals surface area contributed by atoms with Crippen LogP contribution in [-0.2, 0) is 7.05 Å². The molecule has 0 saturated heterocycles. The van der Waals surface area contributed by atoms with E-state index in [2.05, 4.69) is 15.5 Å². The smallest absolute Gasteiger partial charge is 0.195 e. The molecule has 2 rings (SSSR count). The number of benzene rings is 1. The third kappa shape index (κ3) is 4.26. The predicted molar refractivity (Wildman–Crippen MR) is 86.5 cm³/mol. The average Bonchev–Trinajstić information content (AvgIpc) is 2.79. The summed E-state index contributed by atoms with van der Waals surface area (Å²) in [4.78, 5) is 0.955. The van der Waals surface area contributed by atoms with E-state index in [0.717, 1.165) is 21.6 Å². The third-order valence-electron chi connectivity index (χ3n) is 2.90. The number of aliphatic hydroxyl groups excluding tert-OH is 1. The molecule has 0 amide bonds. The molecule has 1 atom stereocenters. The van der Waals surface area contributed by atoms with Crippen LogP contribution in [0, 0.1) is 6.92 Å². The number of nitrogens with zero attached hydrogens (tertiary/aromatic N) is 3. The van der Waals surface area contributed by atoms with Crippen LogP contribution in [0.25, 0.3) is 0 Å². The Morgan fingerprint density at radius 3 is 2.81 bits per heavy atom. The molecule has 1 aromatic carbocycles. The molecule has 5 nitrogen and oxygen atoms in total. The molecule has 2 N–H and O–H groups in total. The molecule has 0 bridgehead atoms. The number of aryl methyl sites for hydroxylation is 1. The van der Waals surface area contributed by atoms with Crippen LogP contribution in [0.5, 0.6) is 0 Å². The van der Waals surface area contributed by atoms with Crippen molar-refractivity contribution in [2.24, 2.45) is 7.05 Å². The van der Waals surface area contributed by atoms with E-state index in [1.54, 1.807) is 0 Å². The van der Waals surface area contributed by atoms with E-state index in [0.29, 0.717) is 11.6 Å². The van der Waals surface area contributed by atoms with E-state index >= 15 is 0 Å². The zero-order chi connectivity index (χ0) is 15.4. The van der Waals surface area contributed by atoms with Crippen LogP contribution in [0.3, 0.4) is 0 Å². The predicted octanol–water partition coefficient (Wildman–Crippen LogP) is 2.94. The molecule has 21 heavy (non-hydrogen) atoms. The highest BCUT2D eigenvalue weighted by Crippen LogP contribution is 2.34. The normalized spacial score (nSPS) is 12.4. The Morgan fingerprint density at radius 2 is 2.19 bits per heavy atom. The van der Waals surface area contributed by atoms with Crippen LogP contribution in [0.1, 0.15) is 5.82 Å². The highest BCUT2D eigenvalue weighted by atomic mass is 35.5. The quantitative estimate of drug-likeness (QED) is 0.787. The van der Waals surface area contributed by atoms with Gasteiger partial charge in [0.05, 0.1) is 12.0 Å². The Hall–Kier alpha value is -0.950. The lowest BCUT2D eigenvalue weighted by Gasteiger charge is -2.14. The summed E-state index contributed by atoms with van der Waals surface area (Å²) in [6.45, 7) is 2.25. The van der Waals surface area contributed by atoms with Crippen molar-refractivity contribution in [1.29, 1.82) is 0 Å². The average molecular weight is 347 g/mol. The van der Waals surface area contributed by atoms with Crippen LogP contribution in [0.2, 0.25) is 5.02 Å². The molecule has 0 aliphatic carbocycles. The second-order valence-corrected chi connectivity index (χ2v) is 6.27. The first-order chi connectivity index (χ1) is 10.0. The minimum Gasteiger partial charge on any atom is -0.390 e. The van der Waals surface area contributed by atoms with Crippen molar-refractivity contribution in [3.8, 4) is 0 Å². The van der Waals surface area contributed by atoms with Crippen LogP contribution >= 0.6 is 35.0 Å². The first-order valence-electron chi connectivity index (χ1n) is 6.32. The summed E-state index contributed by atoms with van der Waals surface area (Å²) in [7, 11) is 1.91. The van der Waals surface area contributed by atoms with Gasteiger partial charge in [0.15, 0.2) is 5.16 Å². The number of aliphatic hydroxyl groups is 1. The fraction of sp³-hybridized carbons (Fsp3) is 0.385. The molecule has 0 spiro atoms. The van der Waals surface area contributed by atoms with Gasteiger partial charge in [0, 0.05) is 29.2 Å². The monoisotopic (exact) mass is 346 g/mol. The van der Waals surface area contributed by atoms with Crippen molar-refractivity contribution >= 4 is 40.7 Å². The van der Waals surface area contributed by atoms with Crippen LogP contribution in [0.4, 0.5) is 5.69 Å². The highest BCUT2D eigenvalue weighted by Gasteiger charge is 2.12. The summed E-state index contributed by atoms with van der Waals surface area (Å²) in [5, 5.41) is 22.3. The molecule has 0 fully saturated rings. The SMILES string of the molecule is Cc1nnc(Sc2ccc(Cl)cc2NCC(O)CCl)n1C. The van der Waals surface area contributed by atoms with E-state index < -0.39 is 6.10 Å². The Balaban J connectivity index is 2.20. The fourth-order valence-corrected chi connectivity index (χ4v) is 2.79. The maximum absolute atomic E-state index is 9.56. The zero-order valence-electron chi connectivity index (χ0n) is 11.7. The minimum absolute atomic E-state index is 0.179. The van der Waals surface area contributed by atoms with Gasteiger partial charge in [-0.05, 0) is 36.9 Å². The van der Waals surface area contributed by atoms with Gasteiger partial charge in [0.1, 0.15) is 5.82 Å². The molecule has 0 aliphatic heterocycles. The van der Waals surface area contributed by atoms with Crippen molar-refractivity contribution in [3.63, 3.8) is 0 Å². The lowest BCUT2D eigenvalue weighted by molar-refractivity contribution is 0.211. The fourth-order valence-electron chi connectivity index (χ4n) is 1.59. The van der Waals surface area contributed by atoms with E-state index in [9.17, 15) is 5.11 Å². The summed E-state index contributed by atoms with van der Waals surface area (Å²) in [6, 6.07) is 5.54. The second kappa shape index (κ2) is 7.35. The summed E-state index contributed by atoms with van der Waals surface area (Å²) in [5.74, 6) is 1.02. The van der Waals surface area contributed by atoms with Gasteiger partial charge in [-0.2, -0.15) is 0 Å². The molecular formula is C13H16Cl2N4OS. The Bertz CT molecular complexity index is 620. The lowest BCUT2D eigenvalue weighted by Crippen LogP contribution is -2.21. The molecular weight excluding hydrogens is 331 g/mol. The number of halogens is 2. The largest absolute Gasteiger partial charge is 0.390 e. The number of rotatable bonds is 6. The Kier molecular flexibility index (Phi) is 5.75. The van der Waals surface area contributed by atoms with Gasteiger partial charge in [0.25, 0.3) is 0 Å². The van der Waals surface area contributed by atoms with E-state index in [-0.39, 0.29) is 5.88 Å². The van der Waals surface area contributed by atoms with Crippen molar-refractivity contribution < 1.29 is 5.11 Å². The second-order valence-electron chi connectivity index (χ2n) is 4.52. The van der Waals surface area contributed by atoms with Crippen molar-refractivity contribution in [2.45, 2.75) is 23.1 Å². The zero-order valence-corrected chi connectivity index (χ0v) is 14.0. The van der Waals surface area contributed by atoms with E-state index in [1.807, 2.05) is 36.7 Å². The molecule has 8 heteroatoms. The van der Waals surface area contributed by atoms with E-state index in [1.165, 1.54) is 11.8 Å². The topological polar surface area (TPSA) is 63.0 Å². The first-order valence-corrected chi connectivity index (χ1v) is 8.05. The molecule has 114 valence electrons. The van der Waals surface area contributed by atoms with Gasteiger partial charge in [-0.3, -0.25) is 0 Å². The van der Waals surface area contributed by atoms with Gasteiger partial charge in [-0.1, -0.05) is 11.6 Å². The first kappa shape index (κ1) is 16.4. The van der Waals surface area contributed by atoms with Crippen molar-refractivity contribution in [1.82, 2.24) is 14.8 Å². The van der Waals surface area contributed by atoms with Gasteiger partial charge < -0.3 is 15.0 Å². The Labute approximate surface area is 137 Å². The van der Waals surface area contributed by atoms with Crippen molar-refractivity contribution in [3.05, 3.63) is 29.0 Å². The van der Waals surface area contributed by atoms with Gasteiger partial charge in [0.2, 0.25) is 0 Å². The standard InChI is InChI=1S/C13H16Cl2N4OS/c1-8-17-18-13(19(8)2)21-12-4-3-9(15)5-11(12)16-7-10(20)6-14/h3-5,10,16,20H,6-7H2,1-2H3. The number of aromatic nitrogens is 3. The summed E-state index contributed by atoms with van der Waals surface area (Å²) in [5.41, 5.74) is 0.831. The van der Waals surface area contributed by atoms with Crippen LogP contribution in [0.15, 0.2) is 28.3 Å². The van der Waals surface area contributed by atoms with Gasteiger partial charge >= 0.3 is 0 Å². The highest BCUT2D eigenvalue weighted by molar-refractivity contribution is 7.99.